The van der Waals surface area contributed by atoms with Crippen LogP contribution >= 0.6 is 0 Å². The molecular formula is C10H21O. The molecule has 0 heterocycles. The number of hydrogen-bond donors (Lipinski definition) is 0. The summed E-state index contributed by atoms with van der Waals surface area (Å²) < 4.78 is 5.39. The van der Waals surface area contributed by atoms with Crippen LogP contribution in [0.15, 0.2) is 0 Å². The van der Waals surface area contributed by atoms with Crippen molar-refractivity contribution in [2.45, 2.75) is 46.0 Å². The summed E-state index contributed by atoms with van der Waals surface area (Å²) in [5.74, 6) is 0. The van der Waals surface area contributed by atoms with Crippen LogP contribution in [-0.2, 0) is 4.74 Å². The van der Waals surface area contributed by atoms with Crippen LogP contribution in [0.25, 0.3) is 0 Å². The summed E-state index contributed by atoms with van der Waals surface area (Å²) >= 11 is 0. The van der Waals surface area contributed by atoms with Crippen molar-refractivity contribution in [2.24, 2.45) is 0 Å². The van der Waals surface area contributed by atoms with Gasteiger partial charge in [-0.1, -0.05) is 33.1 Å². The molecule has 0 aromatic carbocycles. The summed E-state index contributed by atoms with van der Waals surface area (Å²) in [5, 5.41) is 0. The zero-order valence-corrected chi connectivity index (χ0v) is 7.94. The average molecular weight is 157 g/mol. The second-order valence-corrected chi connectivity index (χ2v) is 2.87. The van der Waals surface area contributed by atoms with Gasteiger partial charge in [0, 0.05) is 13.2 Å². The molecule has 0 aromatic heterocycles. The van der Waals surface area contributed by atoms with Crippen LogP contribution in [0.1, 0.15) is 46.0 Å². The van der Waals surface area contributed by atoms with E-state index < -0.39 is 0 Å². The topological polar surface area (TPSA) is 9.23 Å². The molecule has 1 nitrogen and oxygen atoms in total. The fraction of sp³-hybridized carbons (Fsp3) is 0.900. The molecule has 0 unspecified atom stereocenters. The average Bonchev–Trinajstić information content (AvgIpc) is 2.03. The summed E-state index contributed by atoms with van der Waals surface area (Å²) in [5.41, 5.74) is 0. The SMILES string of the molecule is C[CH]CCOCCCCCC. The van der Waals surface area contributed by atoms with Crippen LogP contribution in [0, 0.1) is 6.42 Å². The lowest BCUT2D eigenvalue weighted by molar-refractivity contribution is 0.132. The summed E-state index contributed by atoms with van der Waals surface area (Å²) in [6.45, 7) is 6.16. The largest absolute Gasteiger partial charge is 0.381 e. The summed E-state index contributed by atoms with van der Waals surface area (Å²) in [4.78, 5) is 0. The molecule has 0 atom stereocenters. The molecule has 0 aliphatic heterocycles. The van der Waals surface area contributed by atoms with E-state index in [1.807, 2.05) is 0 Å². The summed E-state index contributed by atoms with van der Waals surface area (Å²) in [6.07, 6.45) is 8.45. The predicted octanol–water partition coefficient (Wildman–Crippen LogP) is 3.20. The van der Waals surface area contributed by atoms with Gasteiger partial charge in [-0.15, -0.1) is 0 Å². The molecule has 0 saturated carbocycles. The first-order valence-electron chi connectivity index (χ1n) is 4.77. The standard InChI is InChI=1S/C10H21O/c1-3-5-7-8-10-11-9-6-4-2/h4H,3,5-10H2,1-2H3. The van der Waals surface area contributed by atoms with Crippen LogP contribution < -0.4 is 0 Å². The van der Waals surface area contributed by atoms with E-state index in [1.54, 1.807) is 0 Å². The fourth-order valence-electron chi connectivity index (χ4n) is 0.934. The van der Waals surface area contributed by atoms with Gasteiger partial charge in [0.2, 0.25) is 0 Å². The van der Waals surface area contributed by atoms with Gasteiger partial charge in [0.05, 0.1) is 0 Å². The highest BCUT2D eigenvalue weighted by molar-refractivity contribution is 4.53. The highest BCUT2D eigenvalue weighted by atomic mass is 16.5. The Hall–Kier alpha value is -0.0400. The van der Waals surface area contributed by atoms with Crippen molar-refractivity contribution < 1.29 is 4.74 Å². The van der Waals surface area contributed by atoms with Gasteiger partial charge < -0.3 is 4.74 Å². The Morgan fingerprint density at radius 1 is 1.09 bits per heavy atom. The third-order valence-electron chi connectivity index (χ3n) is 1.69. The van der Waals surface area contributed by atoms with E-state index >= 15 is 0 Å². The van der Waals surface area contributed by atoms with Gasteiger partial charge in [-0.05, 0) is 19.3 Å². The van der Waals surface area contributed by atoms with E-state index in [0.717, 1.165) is 19.6 Å². The minimum absolute atomic E-state index is 0.905. The lowest BCUT2D eigenvalue weighted by atomic mass is 10.2. The Labute approximate surface area is 71.1 Å². The Morgan fingerprint density at radius 2 is 1.91 bits per heavy atom. The quantitative estimate of drug-likeness (QED) is 0.492. The predicted molar refractivity (Wildman–Crippen MR) is 49.6 cm³/mol. The lowest BCUT2D eigenvalue weighted by Gasteiger charge is -2.01. The molecule has 1 radical (unpaired) electrons. The lowest BCUT2D eigenvalue weighted by Crippen LogP contribution is -1.96. The molecule has 67 valence electrons. The minimum atomic E-state index is 0.905. The molecule has 0 spiro atoms. The van der Waals surface area contributed by atoms with E-state index in [0.29, 0.717) is 0 Å². The zero-order chi connectivity index (χ0) is 8.36. The van der Waals surface area contributed by atoms with Gasteiger partial charge in [-0.3, -0.25) is 0 Å². The Balaban J connectivity index is 2.69. The van der Waals surface area contributed by atoms with Crippen molar-refractivity contribution in [1.29, 1.82) is 0 Å². The molecule has 0 aliphatic carbocycles. The fourth-order valence-corrected chi connectivity index (χ4v) is 0.934. The first kappa shape index (κ1) is 11.0. The number of hydrogen-bond acceptors (Lipinski definition) is 1. The van der Waals surface area contributed by atoms with Crippen LogP contribution in [0.5, 0.6) is 0 Å². The van der Waals surface area contributed by atoms with Crippen molar-refractivity contribution in [3.63, 3.8) is 0 Å². The Bertz CT molecular complexity index is 53.9. The van der Waals surface area contributed by atoms with Crippen molar-refractivity contribution in [1.82, 2.24) is 0 Å². The van der Waals surface area contributed by atoms with Gasteiger partial charge in [0.15, 0.2) is 0 Å². The van der Waals surface area contributed by atoms with E-state index in [1.165, 1.54) is 25.7 Å². The smallest absolute Gasteiger partial charge is 0.0468 e. The molecule has 1 heteroatoms. The van der Waals surface area contributed by atoms with Crippen LogP contribution in [0.2, 0.25) is 0 Å². The minimum Gasteiger partial charge on any atom is -0.381 e. The number of ether oxygens (including phenoxy) is 1. The maximum atomic E-state index is 5.39. The molecule has 0 rings (SSSR count). The van der Waals surface area contributed by atoms with Crippen LogP contribution in [0.4, 0.5) is 0 Å². The maximum absolute atomic E-state index is 5.39. The second-order valence-electron chi connectivity index (χ2n) is 2.87. The van der Waals surface area contributed by atoms with E-state index in [-0.39, 0.29) is 0 Å². The van der Waals surface area contributed by atoms with Gasteiger partial charge in [-0.25, -0.2) is 0 Å². The van der Waals surface area contributed by atoms with E-state index in [2.05, 4.69) is 20.3 Å². The maximum Gasteiger partial charge on any atom is 0.0468 e. The molecular weight excluding hydrogens is 136 g/mol. The number of unbranched alkanes of at least 4 members (excludes halogenated alkanes) is 4. The van der Waals surface area contributed by atoms with Gasteiger partial charge in [0.1, 0.15) is 0 Å². The number of rotatable bonds is 8. The Kier molecular flexibility index (Phi) is 9.92. The van der Waals surface area contributed by atoms with Crippen molar-refractivity contribution in [3.8, 4) is 0 Å². The van der Waals surface area contributed by atoms with Crippen LogP contribution in [0.3, 0.4) is 0 Å². The normalized spacial score (nSPS) is 10.4. The summed E-state index contributed by atoms with van der Waals surface area (Å²) in [6, 6.07) is 0. The van der Waals surface area contributed by atoms with E-state index in [4.69, 9.17) is 4.74 Å². The van der Waals surface area contributed by atoms with Gasteiger partial charge in [-0.2, -0.15) is 0 Å². The first-order chi connectivity index (χ1) is 5.41. The van der Waals surface area contributed by atoms with Gasteiger partial charge in [0.25, 0.3) is 0 Å². The van der Waals surface area contributed by atoms with Crippen molar-refractivity contribution in [2.75, 3.05) is 13.2 Å². The zero-order valence-electron chi connectivity index (χ0n) is 7.94. The highest BCUT2D eigenvalue weighted by Crippen LogP contribution is 1.99. The molecule has 0 N–H and O–H groups in total. The van der Waals surface area contributed by atoms with Crippen LogP contribution in [-0.4, -0.2) is 13.2 Å². The third kappa shape index (κ3) is 9.96. The monoisotopic (exact) mass is 157 g/mol. The van der Waals surface area contributed by atoms with Crippen molar-refractivity contribution in [3.05, 3.63) is 6.42 Å². The second kappa shape index (κ2) is 9.96. The Morgan fingerprint density at radius 3 is 2.55 bits per heavy atom. The highest BCUT2D eigenvalue weighted by Gasteiger charge is 1.88. The molecule has 0 amide bonds. The van der Waals surface area contributed by atoms with Crippen molar-refractivity contribution >= 4 is 0 Å². The molecule has 0 bridgehead atoms. The van der Waals surface area contributed by atoms with E-state index in [9.17, 15) is 0 Å². The molecule has 11 heavy (non-hydrogen) atoms. The first-order valence-corrected chi connectivity index (χ1v) is 4.77. The molecule has 0 saturated heterocycles. The van der Waals surface area contributed by atoms with Gasteiger partial charge >= 0.3 is 0 Å². The summed E-state index contributed by atoms with van der Waals surface area (Å²) in [7, 11) is 0. The molecule has 0 fully saturated rings. The molecule has 0 aliphatic rings. The molecule has 0 aromatic rings. The third-order valence-corrected chi connectivity index (χ3v) is 1.69.